The van der Waals surface area contributed by atoms with Gasteiger partial charge in [-0.3, -0.25) is 14.4 Å². The molecule has 0 bridgehead atoms. The summed E-state index contributed by atoms with van der Waals surface area (Å²) in [5, 5.41) is 6.75. The fourth-order valence-electron chi connectivity index (χ4n) is 4.23. The van der Waals surface area contributed by atoms with E-state index in [4.69, 9.17) is 9.15 Å². The average molecular weight is 551 g/mol. The molecule has 40 heavy (non-hydrogen) atoms. The van der Waals surface area contributed by atoms with E-state index in [1.165, 1.54) is 7.11 Å². The maximum Gasteiger partial charge on any atom is 0.307 e. The van der Waals surface area contributed by atoms with Gasteiger partial charge in [0, 0.05) is 29.5 Å². The molecule has 216 valence electrons. The van der Waals surface area contributed by atoms with Crippen LogP contribution in [0.15, 0.2) is 46.9 Å². The first-order valence-corrected chi connectivity index (χ1v) is 14.0. The second kappa shape index (κ2) is 14.7. The molecule has 8 heteroatoms. The maximum atomic E-state index is 13.7. The number of methoxy groups -OCH3 is 1. The number of ether oxygens (including phenoxy) is 2. The van der Waals surface area contributed by atoms with Crippen LogP contribution in [0.1, 0.15) is 85.4 Å². The molecular formula is C32H42N2O6. The predicted octanol–water partition coefficient (Wildman–Crippen LogP) is 5.70. The summed E-state index contributed by atoms with van der Waals surface area (Å²) in [7, 11) is 1.31. The van der Waals surface area contributed by atoms with E-state index >= 15 is 0 Å². The Hall–Kier alpha value is -3.65. The molecule has 2 N–H and O–H groups in total. The Morgan fingerprint density at radius 3 is 2.35 bits per heavy atom. The van der Waals surface area contributed by atoms with Crippen molar-refractivity contribution in [2.45, 2.75) is 59.8 Å². The van der Waals surface area contributed by atoms with Crippen LogP contribution in [-0.4, -0.2) is 51.0 Å². The van der Waals surface area contributed by atoms with Gasteiger partial charge >= 0.3 is 5.97 Å². The number of amides is 1. The van der Waals surface area contributed by atoms with Crippen molar-refractivity contribution in [3.8, 4) is 5.75 Å². The van der Waals surface area contributed by atoms with Gasteiger partial charge in [0.2, 0.25) is 0 Å². The number of benzene rings is 2. The second-order valence-corrected chi connectivity index (χ2v) is 11.1. The largest absolute Gasteiger partial charge is 0.494 e. The Morgan fingerprint density at radius 2 is 1.68 bits per heavy atom. The van der Waals surface area contributed by atoms with Crippen LogP contribution < -0.4 is 15.4 Å². The van der Waals surface area contributed by atoms with Gasteiger partial charge in [-0.1, -0.05) is 34.1 Å². The lowest BCUT2D eigenvalue weighted by Crippen LogP contribution is -2.28. The lowest BCUT2D eigenvalue weighted by Gasteiger charge is -2.18. The van der Waals surface area contributed by atoms with Gasteiger partial charge in [-0.05, 0) is 73.8 Å². The molecule has 1 heterocycles. The van der Waals surface area contributed by atoms with Crippen molar-refractivity contribution in [1.82, 2.24) is 10.6 Å². The Kier molecular flexibility index (Phi) is 11.3. The third kappa shape index (κ3) is 8.95. The number of esters is 1. The molecule has 0 aliphatic heterocycles. The summed E-state index contributed by atoms with van der Waals surface area (Å²) in [6, 6.07) is 12.2. The van der Waals surface area contributed by atoms with Gasteiger partial charge in [-0.25, -0.2) is 0 Å². The highest BCUT2D eigenvalue weighted by atomic mass is 16.5. The molecule has 0 aliphatic carbocycles. The molecule has 8 nitrogen and oxygen atoms in total. The Morgan fingerprint density at radius 1 is 0.950 bits per heavy atom. The van der Waals surface area contributed by atoms with E-state index in [1.807, 2.05) is 12.1 Å². The summed E-state index contributed by atoms with van der Waals surface area (Å²) in [6.07, 6.45) is 3.41. The van der Waals surface area contributed by atoms with Gasteiger partial charge < -0.3 is 24.5 Å². The first kappa shape index (κ1) is 30.9. The number of nitrogens with one attached hydrogen (secondary N) is 2. The average Bonchev–Trinajstić information content (AvgIpc) is 3.30. The minimum atomic E-state index is -0.399. The van der Waals surface area contributed by atoms with E-state index < -0.39 is 5.97 Å². The molecule has 0 saturated carbocycles. The highest BCUT2D eigenvalue weighted by Crippen LogP contribution is 2.31. The molecule has 1 amide bonds. The Bertz CT molecular complexity index is 1290. The van der Waals surface area contributed by atoms with Crippen LogP contribution >= 0.6 is 0 Å². The van der Waals surface area contributed by atoms with E-state index in [-0.39, 0.29) is 30.1 Å². The first-order chi connectivity index (χ1) is 19.1. The monoisotopic (exact) mass is 550 g/mol. The van der Waals surface area contributed by atoms with E-state index in [9.17, 15) is 14.4 Å². The highest BCUT2D eigenvalue weighted by Gasteiger charge is 2.23. The number of furan rings is 1. The second-order valence-electron chi connectivity index (χ2n) is 11.1. The molecule has 0 radical (unpaired) electrons. The van der Waals surface area contributed by atoms with Gasteiger partial charge in [-0.2, -0.15) is 0 Å². The lowest BCUT2D eigenvalue weighted by atomic mass is 9.97. The standard InChI is InChI=1S/C32H42N2O6/c1-6-7-9-27-29(25-20-23(12-15-26(25)40-27)31(37)34-18-16-28(35)38-5)30(36)22-10-13-24(14-11-22)39-19-8-17-33-21-32(2,3)4/h10-15,20,33H,6-9,16-19,21H2,1-5H3,(H,34,37). The normalized spacial score (nSPS) is 11.4. The summed E-state index contributed by atoms with van der Waals surface area (Å²) in [5.74, 6) is 0.430. The van der Waals surface area contributed by atoms with E-state index in [2.05, 4.69) is 43.1 Å². The van der Waals surface area contributed by atoms with Crippen molar-refractivity contribution >= 4 is 28.6 Å². The van der Waals surface area contributed by atoms with Crippen LogP contribution in [0, 0.1) is 5.41 Å². The van der Waals surface area contributed by atoms with Crippen molar-refractivity contribution in [2.24, 2.45) is 5.41 Å². The van der Waals surface area contributed by atoms with Crippen LogP contribution in [0.5, 0.6) is 5.75 Å². The zero-order chi connectivity index (χ0) is 29.1. The molecular weight excluding hydrogens is 508 g/mol. The number of fused-ring (bicyclic) bond motifs is 1. The van der Waals surface area contributed by atoms with E-state index in [1.54, 1.807) is 30.3 Å². The quantitative estimate of drug-likeness (QED) is 0.142. The molecule has 0 spiro atoms. The SMILES string of the molecule is CCCCc1oc2ccc(C(=O)NCCC(=O)OC)cc2c1C(=O)c1ccc(OCCCNCC(C)(C)C)cc1. The fourth-order valence-corrected chi connectivity index (χ4v) is 4.23. The number of unbranched alkanes of at least 4 members (excludes halogenated alkanes) is 1. The molecule has 0 saturated heterocycles. The molecule has 0 fully saturated rings. The Balaban J connectivity index is 1.74. The van der Waals surface area contributed by atoms with Gasteiger partial charge in [0.1, 0.15) is 17.1 Å². The van der Waals surface area contributed by atoms with Crippen LogP contribution in [0.3, 0.4) is 0 Å². The number of ketones is 1. The molecule has 0 atom stereocenters. The molecule has 3 rings (SSSR count). The van der Waals surface area contributed by atoms with Crippen LogP contribution in [0.25, 0.3) is 11.0 Å². The van der Waals surface area contributed by atoms with Crippen LogP contribution in [0.2, 0.25) is 0 Å². The minimum absolute atomic E-state index is 0.0783. The molecule has 1 aromatic heterocycles. The number of aryl methyl sites for hydroxylation is 1. The zero-order valence-electron chi connectivity index (χ0n) is 24.4. The molecule has 0 aliphatic rings. The summed E-state index contributed by atoms with van der Waals surface area (Å²) in [4.78, 5) is 37.8. The molecule has 0 unspecified atom stereocenters. The van der Waals surface area contributed by atoms with E-state index in [0.717, 1.165) is 32.4 Å². The van der Waals surface area contributed by atoms with Gasteiger partial charge in [-0.15, -0.1) is 0 Å². The summed E-state index contributed by atoms with van der Waals surface area (Å²) < 4.78 is 16.6. The molecule has 3 aromatic rings. The van der Waals surface area contributed by atoms with Crippen LogP contribution in [-0.2, 0) is 16.0 Å². The van der Waals surface area contributed by atoms with Crippen LogP contribution in [0.4, 0.5) is 0 Å². The number of rotatable bonds is 15. The van der Waals surface area contributed by atoms with Crippen molar-refractivity contribution in [2.75, 3.05) is 33.4 Å². The van der Waals surface area contributed by atoms with E-state index in [0.29, 0.717) is 52.2 Å². The van der Waals surface area contributed by atoms with Gasteiger partial charge in [0.05, 0.1) is 25.7 Å². The number of carbonyl (C=O) groups is 3. The topological polar surface area (TPSA) is 107 Å². The highest BCUT2D eigenvalue weighted by molar-refractivity contribution is 6.17. The van der Waals surface area contributed by atoms with Crippen molar-refractivity contribution in [1.29, 1.82) is 0 Å². The minimum Gasteiger partial charge on any atom is -0.494 e. The third-order valence-corrected chi connectivity index (χ3v) is 6.39. The number of hydrogen-bond donors (Lipinski definition) is 2. The number of carbonyl (C=O) groups excluding carboxylic acids is 3. The fraction of sp³-hybridized carbons (Fsp3) is 0.469. The third-order valence-electron chi connectivity index (χ3n) is 6.39. The summed E-state index contributed by atoms with van der Waals surface area (Å²) in [5.41, 5.74) is 2.19. The van der Waals surface area contributed by atoms with Gasteiger partial charge in [0.15, 0.2) is 5.78 Å². The maximum absolute atomic E-state index is 13.7. The van der Waals surface area contributed by atoms with Gasteiger partial charge in [0.25, 0.3) is 5.91 Å². The predicted molar refractivity (Wildman–Crippen MR) is 156 cm³/mol. The van der Waals surface area contributed by atoms with Crippen molar-refractivity contribution in [3.63, 3.8) is 0 Å². The van der Waals surface area contributed by atoms with Crippen molar-refractivity contribution in [3.05, 3.63) is 64.9 Å². The first-order valence-electron chi connectivity index (χ1n) is 14.0. The smallest absolute Gasteiger partial charge is 0.307 e. The number of hydrogen-bond acceptors (Lipinski definition) is 7. The zero-order valence-corrected chi connectivity index (χ0v) is 24.4. The lowest BCUT2D eigenvalue weighted by molar-refractivity contribution is -0.140. The Labute approximate surface area is 236 Å². The molecule has 2 aromatic carbocycles. The summed E-state index contributed by atoms with van der Waals surface area (Å²) >= 11 is 0. The van der Waals surface area contributed by atoms with Crippen molar-refractivity contribution < 1.29 is 28.3 Å². The summed E-state index contributed by atoms with van der Waals surface area (Å²) in [6.45, 7) is 11.3.